The first-order chi connectivity index (χ1) is 11.0. The second kappa shape index (κ2) is 8.37. The standard InChI is InChI=1S/C18H18BrClO3/c1-3-12-8-9-17(15(20)10-12)22-11-13-14(19)6-5-7-16(13)23-18(21)4-2/h5-10H,3-4,11H2,1-2H3. The molecule has 0 spiro atoms. The van der Waals surface area contributed by atoms with Crippen molar-refractivity contribution >= 4 is 33.5 Å². The summed E-state index contributed by atoms with van der Waals surface area (Å²) in [6.07, 6.45) is 1.23. The van der Waals surface area contributed by atoms with E-state index in [2.05, 4.69) is 22.9 Å². The summed E-state index contributed by atoms with van der Waals surface area (Å²) < 4.78 is 12.0. The van der Waals surface area contributed by atoms with E-state index in [-0.39, 0.29) is 12.6 Å². The number of carbonyl (C=O) groups is 1. The average molecular weight is 398 g/mol. The van der Waals surface area contributed by atoms with E-state index in [1.165, 1.54) is 0 Å². The Balaban J connectivity index is 2.18. The number of rotatable bonds is 6. The summed E-state index contributed by atoms with van der Waals surface area (Å²) in [5, 5.41) is 0.573. The zero-order valence-electron chi connectivity index (χ0n) is 13.1. The molecule has 2 rings (SSSR count). The summed E-state index contributed by atoms with van der Waals surface area (Å²) in [4.78, 5) is 11.5. The summed E-state index contributed by atoms with van der Waals surface area (Å²) in [5.74, 6) is 0.814. The van der Waals surface area contributed by atoms with Crippen LogP contribution in [0.2, 0.25) is 5.02 Å². The van der Waals surface area contributed by atoms with Crippen molar-refractivity contribution in [3.05, 3.63) is 57.0 Å². The van der Waals surface area contributed by atoms with Gasteiger partial charge in [0.1, 0.15) is 18.1 Å². The first-order valence-electron chi connectivity index (χ1n) is 7.44. The fourth-order valence-corrected chi connectivity index (χ4v) is 2.72. The maximum atomic E-state index is 11.5. The van der Waals surface area contributed by atoms with Gasteiger partial charge in [-0.2, -0.15) is 0 Å². The molecule has 0 aliphatic carbocycles. The van der Waals surface area contributed by atoms with Gasteiger partial charge in [0.25, 0.3) is 0 Å². The molecule has 0 aliphatic heterocycles. The highest BCUT2D eigenvalue weighted by molar-refractivity contribution is 9.10. The minimum absolute atomic E-state index is 0.249. The minimum Gasteiger partial charge on any atom is -0.487 e. The first kappa shape index (κ1) is 17.8. The molecule has 2 aromatic rings. The molecular weight excluding hydrogens is 380 g/mol. The van der Waals surface area contributed by atoms with Crippen molar-refractivity contribution in [3.8, 4) is 11.5 Å². The van der Waals surface area contributed by atoms with Crippen molar-refractivity contribution in [2.45, 2.75) is 33.3 Å². The number of esters is 1. The van der Waals surface area contributed by atoms with Crippen LogP contribution >= 0.6 is 27.5 Å². The fraction of sp³-hybridized carbons (Fsp3) is 0.278. The van der Waals surface area contributed by atoms with Crippen LogP contribution in [0.4, 0.5) is 0 Å². The zero-order valence-corrected chi connectivity index (χ0v) is 15.4. The lowest BCUT2D eigenvalue weighted by Crippen LogP contribution is -2.09. The largest absolute Gasteiger partial charge is 0.487 e. The van der Waals surface area contributed by atoms with Crippen LogP contribution in [0.15, 0.2) is 40.9 Å². The zero-order chi connectivity index (χ0) is 16.8. The van der Waals surface area contributed by atoms with Gasteiger partial charge in [-0.1, -0.05) is 53.5 Å². The Bertz CT molecular complexity index is 701. The molecule has 122 valence electrons. The lowest BCUT2D eigenvalue weighted by molar-refractivity contribution is -0.134. The number of hydrogen-bond donors (Lipinski definition) is 0. The molecule has 0 bridgehead atoms. The fourth-order valence-electron chi connectivity index (χ4n) is 2.00. The third kappa shape index (κ3) is 4.72. The van der Waals surface area contributed by atoms with Crippen molar-refractivity contribution in [3.63, 3.8) is 0 Å². The summed E-state index contributed by atoms with van der Waals surface area (Å²) in [7, 11) is 0. The summed E-state index contributed by atoms with van der Waals surface area (Å²) in [6, 6.07) is 11.2. The Morgan fingerprint density at radius 3 is 2.61 bits per heavy atom. The predicted octanol–water partition coefficient (Wildman–Crippen LogP) is 5.56. The lowest BCUT2D eigenvalue weighted by Gasteiger charge is -2.14. The summed E-state index contributed by atoms with van der Waals surface area (Å²) >= 11 is 9.71. The lowest BCUT2D eigenvalue weighted by atomic mass is 10.1. The highest BCUT2D eigenvalue weighted by Gasteiger charge is 2.13. The van der Waals surface area contributed by atoms with Crippen LogP contribution in [-0.4, -0.2) is 5.97 Å². The van der Waals surface area contributed by atoms with Crippen LogP contribution in [0.5, 0.6) is 11.5 Å². The number of benzene rings is 2. The van der Waals surface area contributed by atoms with E-state index in [0.717, 1.165) is 22.0 Å². The Morgan fingerprint density at radius 1 is 1.17 bits per heavy atom. The quantitative estimate of drug-likeness (QED) is 0.473. The van der Waals surface area contributed by atoms with Gasteiger partial charge >= 0.3 is 5.97 Å². The highest BCUT2D eigenvalue weighted by atomic mass is 79.9. The molecule has 0 saturated carbocycles. The first-order valence-corrected chi connectivity index (χ1v) is 8.61. The highest BCUT2D eigenvalue weighted by Crippen LogP contribution is 2.31. The van der Waals surface area contributed by atoms with Crippen LogP contribution in [-0.2, 0) is 17.8 Å². The van der Waals surface area contributed by atoms with Gasteiger partial charge in [0.05, 0.1) is 5.02 Å². The van der Waals surface area contributed by atoms with Crippen LogP contribution in [0, 0.1) is 0 Å². The van der Waals surface area contributed by atoms with Crippen LogP contribution in [0.3, 0.4) is 0 Å². The van der Waals surface area contributed by atoms with E-state index in [9.17, 15) is 4.79 Å². The number of carbonyl (C=O) groups excluding carboxylic acids is 1. The molecule has 5 heteroatoms. The van der Waals surface area contributed by atoms with Crippen molar-refractivity contribution in [1.29, 1.82) is 0 Å². The van der Waals surface area contributed by atoms with Gasteiger partial charge in [0.2, 0.25) is 0 Å². The summed E-state index contributed by atoms with van der Waals surface area (Å²) in [5.41, 5.74) is 1.92. The van der Waals surface area contributed by atoms with Crippen LogP contribution < -0.4 is 9.47 Å². The maximum absolute atomic E-state index is 11.5. The van der Waals surface area contributed by atoms with E-state index in [0.29, 0.717) is 22.9 Å². The normalized spacial score (nSPS) is 10.4. The van der Waals surface area contributed by atoms with Crippen molar-refractivity contribution in [2.75, 3.05) is 0 Å². The molecule has 0 radical (unpaired) electrons. The van der Waals surface area contributed by atoms with Gasteiger partial charge in [0, 0.05) is 16.5 Å². The number of hydrogen-bond acceptors (Lipinski definition) is 3. The molecule has 0 fully saturated rings. The Labute approximate surface area is 149 Å². The van der Waals surface area contributed by atoms with Crippen molar-refractivity contribution < 1.29 is 14.3 Å². The summed E-state index contributed by atoms with van der Waals surface area (Å²) in [6.45, 7) is 4.08. The molecule has 0 aliphatic rings. The smallest absolute Gasteiger partial charge is 0.310 e. The van der Waals surface area contributed by atoms with Crippen molar-refractivity contribution in [1.82, 2.24) is 0 Å². The van der Waals surface area contributed by atoms with E-state index < -0.39 is 0 Å². The molecule has 23 heavy (non-hydrogen) atoms. The molecule has 2 aromatic carbocycles. The van der Waals surface area contributed by atoms with Gasteiger partial charge < -0.3 is 9.47 Å². The molecular formula is C18H18BrClO3. The van der Waals surface area contributed by atoms with Gasteiger partial charge in [-0.25, -0.2) is 0 Å². The van der Waals surface area contributed by atoms with Gasteiger partial charge in [0.15, 0.2) is 0 Å². The molecule has 0 heterocycles. The Hall–Kier alpha value is -1.52. The number of ether oxygens (including phenoxy) is 2. The van der Waals surface area contributed by atoms with Crippen molar-refractivity contribution in [2.24, 2.45) is 0 Å². The topological polar surface area (TPSA) is 35.5 Å². The van der Waals surface area contributed by atoms with Gasteiger partial charge in [-0.05, 0) is 36.2 Å². The van der Waals surface area contributed by atoms with Gasteiger partial charge in [-0.3, -0.25) is 4.79 Å². The molecule has 0 unspecified atom stereocenters. The second-order valence-electron chi connectivity index (χ2n) is 4.95. The van der Waals surface area contributed by atoms with E-state index in [1.807, 2.05) is 30.3 Å². The van der Waals surface area contributed by atoms with Crippen LogP contribution in [0.1, 0.15) is 31.4 Å². The molecule has 3 nitrogen and oxygen atoms in total. The van der Waals surface area contributed by atoms with Gasteiger partial charge in [-0.15, -0.1) is 0 Å². The SMILES string of the molecule is CCC(=O)Oc1cccc(Br)c1COc1ccc(CC)cc1Cl. The number of aryl methyl sites for hydroxylation is 1. The third-order valence-corrected chi connectivity index (χ3v) is 4.40. The van der Waals surface area contributed by atoms with E-state index >= 15 is 0 Å². The van der Waals surface area contributed by atoms with Crippen LogP contribution in [0.25, 0.3) is 0 Å². The third-order valence-electron chi connectivity index (χ3n) is 3.36. The van der Waals surface area contributed by atoms with E-state index in [1.54, 1.807) is 13.0 Å². The Morgan fingerprint density at radius 2 is 1.96 bits per heavy atom. The monoisotopic (exact) mass is 396 g/mol. The number of halogens is 2. The Kier molecular flexibility index (Phi) is 6.48. The molecule has 0 saturated heterocycles. The molecule has 0 aromatic heterocycles. The van der Waals surface area contributed by atoms with E-state index in [4.69, 9.17) is 21.1 Å². The molecule has 0 amide bonds. The predicted molar refractivity (Wildman–Crippen MR) is 95.2 cm³/mol. The molecule has 0 N–H and O–H groups in total. The second-order valence-corrected chi connectivity index (χ2v) is 6.21. The minimum atomic E-state index is -0.283. The molecule has 0 atom stereocenters. The average Bonchev–Trinajstić information content (AvgIpc) is 2.55. The maximum Gasteiger partial charge on any atom is 0.310 e.